The van der Waals surface area contributed by atoms with Gasteiger partial charge in [0.15, 0.2) is 0 Å². The van der Waals surface area contributed by atoms with E-state index in [0.717, 1.165) is 5.56 Å². The zero-order valence-corrected chi connectivity index (χ0v) is 7.88. The molecule has 1 aromatic rings. The van der Waals surface area contributed by atoms with Crippen LogP contribution in [0.3, 0.4) is 0 Å². The summed E-state index contributed by atoms with van der Waals surface area (Å²) in [5.41, 5.74) is 1.35. The fraction of sp³-hybridized carbons (Fsp3) is 0.200. The van der Waals surface area contributed by atoms with Crippen molar-refractivity contribution >= 4 is 16.8 Å². The number of carbonyl (C=O) groups excluding carboxylic acids is 1. The Morgan fingerprint density at radius 3 is 2.38 bits per heavy atom. The van der Waals surface area contributed by atoms with Gasteiger partial charge in [0, 0.05) is 5.56 Å². The van der Waals surface area contributed by atoms with Gasteiger partial charge in [-0.25, -0.2) is 0 Å². The third kappa shape index (κ3) is 2.30. The van der Waals surface area contributed by atoms with Crippen LogP contribution >= 0.6 is 11.6 Å². The van der Waals surface area contributed by atoms with Gasteiger partial charge in [-0.15, -0.1) is 0 Å². The molecule has 0 bridgehead atoms. The molecule has 0 aromatic heterocycles. The molecular formula is C10H8ClNO. The van der Waals surface area contributed by atoms with E-state index in [9.17, 15) is 4.79 Å². The second kappa shape index (κ2) is 4.06. The topological polar surface area (TPSA) is 40.9 Å². The largest absolute Gasteiger partial charge is 0.276 e. The summed E-state index contributed by atoms with van der Waals surface area (Å²) in [6.45, 7) is 1.80. The summed E-state index contributed by atoms with van der Waals surface area (Å²) in [6.07, 6.45) is 0. The Morgan fingerprint density at radius 2 is 2.00 bits per heavy atom. The highest BCUT2D eigenvalue weighted by Gasteiger charge is 2.05. The molecule has 1 aromatic carbocycles. The van der Waals surface area contributed by atoms with Crippen molar-refractivity contribution < 1.29 is 4.79 Å². The Balaban J connectivity index is 2.95. The van der Waals surface area contributed by atoms with Crippen LogP contribution in [-0.4, -0.2) is 5.24 Å². The van der Waals surface area contributed by atoms with Gasteiger partial charge in [0.2, 0.25) is 0 Å². The van der Waals surface area contributed by atoms with E-state index < -0.39 is 5.24 Å². The van der Waals surface area contributed by atoms with Crippen LogP contribution in [0, 0.1) is 11.3 Å². The van der Waals surface area contributed by atoms with Gasteiger partial charge in [-0.05, 0) is 36.2 Å². The van der Waals surface area contributed by atoms with Gasteiger partial charge < -0.3 is 0 Å². The second-order valence-electron chi connectivity index (χ2n) is 2.75. The monoisotopic (exact) mass is 193 g/mol. The zero-order chi connectivity index (χ0) is 9.84. The molecular weight excluding hydrogens is 186 g/mol. The van der Waals surface area contributed by atoms with E-state index in [-0.39, 0.29) is 5.92 Å². The summed E-state index contributed by atoms with van der Waals surface area (Å²) in [6, 6.07) is 8.84. The van der Waals surface area contributed by atoms with Gasteiger partial charge in [0.1, 0.15) is 0 Å². The first-order valence-electron chi connectivity index (χ1n) is 3.84. The normalized spacial score (nSPS) is 11.8. The lowest BCUT2D eigenvalue weighted by Gasteiger charge is -2.01. The average Bonchev–Trinajstić information content (AvgIpc) is 2.17. The van der Waals surface area contributed by atoms with E-state index in [2.05, 4.69) is 6.07 Å². The minimum atomic E-state index is -0.476. The molecule has 66 valence electrons. The van der Waals surface area contributed by atoms with E-state index in [4.69, 9.17) is 16.9 Å². The van der Waals surface area contributed by atoms with Crippen LogP contribution in [0.1, 0.15) is 28.8 Å². The van der Waals surface area contributed by atoms with Crippen LogP contribution < -0.4 is 0 Å². The molecule has 3 heteroatoms. The van der Waals surface area contributed by atoms with E-state index in [1.807, 2.05) is 0 Å². The molecule has 0 aliphatic heterocycles. The van der Waals surface area contributed by atoms with Crippen molar-refractivity contribution in [1.29, 1.82) is 5.26 Å². The van der Waals surface area contributed by atoms with Crippen LogP contribution in [0.4, 0.5) is 0 Å². The average molecular weight is 194 g/mol. The molecule has 1 atom stereocenters. The molecule has 0 radical (unpaired) electrons. The maximum Gasteiger partial charge on any atom is 0.252 e. The molecule has 1 unspecified atom stereocenters. The van der Waals surface area contributed by atoms with Crippen LogP contribution in [-0.2, 0) is 0 Å². The lowest BCUT2D eigenvalue weighted by Crippen LogP contribution is -1.92. The predicted molar refractivity (Wildman–Crippen MR) is 50.7 cm³/mol. The Kier molecular flexibility index (Phi) is 3.05. The highest BCUT2D eigenvalue weighted by atomic mass is 35.5. The van der Waals surface area contributed by atoms with Crippen molar-refractivity contribution in [3.8, 4) is 6.07 Å². The molecule has 0 aliphatic carbocycles. The molecule has 13 heavy (non-hydrogen) atoms. The number of hydrogen-bond donors (Lipinski definition) is 0. The summed E-state index contributed by atoms with van der Waals surface area (Å²) in [7, 11) is 0. The van der Waals surface area contributed by atoms with Gasteiger partial charge in [-0.3, -0.25) is 4.79 Å². The molecule has 0 aliphatic rings. The number of halogens is 1. The molecule has 0 spiro atoms. The van der Waals surface area contributed by atoms with Crippen molar-refractivity contribution in [2.45, 2.75) is 12.8 Å². The van der Waals surface area contributed by atoms with Crippen molar-refractivity contribution in [2.24, 2.45) is 0 Å². The lowest BCUT2D eigenvalue weighted by atomic mass is 10.0. The second-order valence-corrected chi connectivity index (χ2v) is 3.09. The van der Waals surface area contributed by atoms with E-state index >= 15 is 0 Å². The van der Waals surface area contributed by atoms with Gasteiger partial charge in [0.05, 0.1) is 12.0 Å². The number of benzene rings is 1. The quantitative estimate of drug-likeness (QED) is 0.678. The highest BCUT2D eigenvalue weighted by molar-refractivity contribution is 6.67. The van der Waals surface area contributed by atoms with Crippen LogP contribution in [0.2, 0.25) is 0 Å². The number of carbonyl (C=O) groups is 1. The Labute approximate surface area is 81.7 Å². The van der Waals surface area contributed by atoms with Crippen molar-refractivity contribution in [3.63, 3.8) is 0 Å². The van der Waals surface area contributed by atoms with Crippen LogP contribution in [0.25, 0.3) is 0 Å². The molecule has 0 amide bonds. The molecule has 1 rings (SSSR count). The number of hydrogen-bond acceptors (Lipinski definition) is 2. The SMILES string of the molecule is CC(C#N)c1ccc(C(=O)Cl)cc1. The molecule has 0 saturated heterocycles. The van der Waals surface area contributed by atoms with E-state index in [1.54, 1.807) is 31.2 Å². The highest BCUT2D eigenvalue weighted by Crippen LogP contribution is 2.15. The predicted octanol–water partition coefficient (Wildman–Crippen LogP) is 2.69. The maximum absolute atomic E-state index is 10.7. The standard InChI is InChI=1S/C10H8ClNO/c1-7(6-12)8-2-4-9(5-3-8)10(11)13/h2-5,7H,1H3. The maximum atomic E-state index is 10.7. The molecule has 0 fully saturated rings. The number of nitriles is 1. The third-order valence-electron chi connectivity index (χ3n) is 1.83. The van der Waals surface area contributed by atoms with Gasteiger partial charge >= 0.3 is 0 Å². The van der Waals surface area contributed by atoms with Crippen molar-refractivity contribution in [3.05, 3.63) is 35.4 Å². The van der Waals surface area contributed by atoms with Crippen LogP contribution in [0.5, 0.6) is 0 Å². The first kappa shape index (κ1) is 9.76. The fourth-order valence-corrected chi connectivity index (χ4v) is 1.10. The van der Waals surface area contributed by atoms with E-state index in [0.29, 0.717) is 5.56 Å². The van der Waals surface area contributed by atoms with Gasteiger partial charge in [-0.1, -0.05) is 12.1 Å². The molecule has 2 nitrogen and oxygen atoms in total. The van der Waals surface area contributed by atoms with Gasteiger partial charge in [-0.2, -0.15) is 5.26 Å². The number of rotatable bonds is 2. The Bertz CT molecular complexity index is 350. The summed E-state index contributed by atoms with van der Waals surface area (Å²) < 4.78 is 0. The zero-order valence-electron chi connectivity index (χ0n) is 7.12. The van der Waals surface area contributed by atoms with E-state index in [1.165, 1.54) is 0 Å². The first-order chi connectivity index (χ1) is 6.15. The lowest BCUT2D eigenvalue weighted by molar-refractivity contribution is 0.108. The van der Waals surface area contributed by atoms with Gasteiger partial charge in [0.25, 0.3) is 5.24 Å². The fourth-order valence-electron chi connectivity index (χ4n) is 0.977. The summed E-state index contributed by atoms with van der Waals surface area (Å²) >= 11 is 5.27. The summed E-state index contributed by atoms with van der Waals surface area (Å²) in [5.74, 6) is -0.153. The summed E-state index contributed by atoms with van der Waals surface area (Å²) in [5, 5.41) is 8.15. The molecule has 0 N–H and O–H groups in total. The Morgan fingerprint density at radius 1 is 1.46 bits per heavy atom. The molecule has 0 heterocycles. The number of nitrogens with zero attached hydrogens (tertiary/aromatic N) is 1. The minimum Gasteiger partial charge on any atom is -0.276 e. The van der Waals surface area contributed by atoms with Crippen molar-refractivity contribution in [2.75, 3.05) is 0 Å². The van der Waals surface area contributed by atoms with Crippen LogP contribution in [0.15, 0.2) is 24.3 Å². The smallest absolute Gasteiger partial charge is 0.252 e. The third-order valence-corrected chi connectivity index (χ3v) is 2.05. The summed E-state index contributed by atoms with van der Waals surface area (Å²) in [4.78, 5) is 10.7. The Hall–Kier alpha value is -1.33. The van der Waals surface area contributed by atoms with Crippen molar-refractivity contribution in [1.82, 2.24) is 0 Å². The first-order valence-corrected chi connectivity index (χ1v) is 4.22. The molecule has 0 saturated carbocycles. The minimum absolute atomic E-state index is 0.153.